The highest BCUT2D eigenvalue weighted by molar-refractivity contribution is 7.46. The van der Waals surface area contributed by atoms with Gasteiger partial charge in [-0.05, 0) is 0 Å². The lowest BCUT2D eigenvalue weighted by molar-refractivity contribution is -0.0740. The molecule has 0 aliphatic heterocycles. The molecule has 0 radical (unpaired) electrons. The Bertz CT molecular complexity index is 284. The Kier molecular flexibility index (Phi) is 5.90. The minimum atomic E-state index is -4.80. The van der Waals surface area contributed by atoms with Gasteiger partial charge < -0.3 is 35.3 Å². The van der Waals surface area contributed by atoms with E-state index in [1.807, 2.05) is 0 Å². The topological polar surface area (TPSA) is 168 Å². The lowest BCUT2D eigenvalue weighted by Gasteiger charge is -2.21. The lowest BCUT2D eigenvalue weighted by atomic mass is 10.1. The van der Waals surface area contributed by atoms with E-state index in [4.69, 9.17) is 35.3 Å². The molecule has 0 amide bonds. The Morgan fingerprint density at radius 1 is 1.31 bits per heavy atom. The summed E-state index contributed by atoms with van der Waals surface area (Å²) in [6.07, 6.45) is -5.73. The molecule has 0 unspecified atom stereocenters. The zero-order chi connectivity index (χ0) is 12.9. The highest BCUT2D eigenvalue weighted by atomic mass is 31.2. The van der Waals surface area contributed by atoms with Gasteiger partial charge in [0.25, 0.3) is 0 Å². The number of phosphoric acid groups is 1. The van der Waals surface area contributed by atoms with Crippen molar-refractivity contribution in [3.63, 3.8) is 0 Å². The molecule has 0 fully saturated rings. The van der Waals surface area contributed by atoms with Crippen molar-refractivity contribution in [1.29, 1.82) is 0 Å². The van der Waals surface area contributed by atoms with Gasteiger partial charge in [-0.3, -0.25) is 4.52 Å². The number of phosphoric ester groups is 1. The summed E-state index contributed by atoms with van der Waals surface area (Å²) in [7, 11) is -4.80. The third-order valence-electron chi connectivity index (χ3n) is 1.57. The molecular weight excluding hydrogens is 247 g/mol. The Hall–Kier alpha value is -0.670. The van der Waals surface area contributed by atoms with Gasteiger partial charge in [-0.1, -0.05) is 0 Å². The van der Waals surface area contributed by atoms with Crippen molar-refractivity contribution in [1.82, 2.24) is 0 Å². The first-order chi connectivity index (χ1) is 7.19. The zero-order valence-electron chi connectivity index (χ0n) is 7.91. The molecule has 0 bridgehead atoms. The Morgan fingerprint density at radius 3 is 2.19 bits per heavy atom. The predicted molar refractivity (Wildman–Crippen MR) is 49.4 cm³/mol. The molecule has 0 aromatic carbocycles. The van der Waals surface area contributed by atoms with Gasteiger partial charge in [0.05, 0.1) is 6.61 Å². The van der Waals surface area contributed by atoms with E-state index in [2.05, 4.69) is 4.52 Å². The largest absolute Gasteiger partial charge is 0.512 e. The van der Waals surface area contributed by atoms with E-state index in [0.29, 0.717) is 0 Å². The molecule has 9 nitrogen and oxygen atoms in total. The van der Waals surface area contributed by atoms with Crippen molar-refractivity contribution in [2.75, 3.05) is 6.61 Å². The molecule has 0 aromatic rings. The average Bonchev–Trinajstić information content (AvgIpc) is 2.21. The fourth-order valence-corrected chi connectivity index (χ4v) is 1.08. The zero-order valence-corrected chi connectivity index (χ0v) is 8.81. The molecule has 0 rings (SSSR count). The smallest absolute Gasteiger partial charge is 0.469 e. The van der Waals surface area contributed by atoms with E-state index in [1.54, 1.807) is 0 Å². The van der Waals surface area contributed by atoms with E-state index in [0.717, 1.165) is 0 Å². The molecule has 0 aromatic heterocycles. The van der Waals surface area contributed by atoms with Crippen LogP contribution in [0.3, 0.4) is 0 Å². The molecule has 0 heterocycles. The summed E-state index contributed by atoms with van der Waals surface area (Å²) in [5.41, 5.74) is 0. The number of aliphatic hydroxyl groups excluding tert-OH is 5. The van der Waals surface area contributed by atoms with Crippen molar-refractivity contribution < 1.29 is 44.4 Å². The lowest BCUT2D eigenvalue weighted by Crippen LogP contribution is -2.40. The SMILES string of the molecule is O=P(O)(O)OC[C@@H](O)[C@@H](O)[C@H](O)/C(O)=C/O. The van der Waals surface area contributed by atoms with Crippen molar-refractivity contribution >= 4 is 7.82 Å². The van der Waals surface area contributed by atoms with Crippen LogP contribution in [-0.2, 0) is 9.09 Å². The standard InChI is InChI=1S/C6H13O9P/c7-1-3(8)5(10)6(11)4(9)2-15-16(12,13)14/h1,4-11H,2H2,(H2,12,13,14)/b3-1-/t4-,5-,6-/m1/s1. The monoisotopic (exact) mass is 260 g/mol. The quantitative estimate of drug-likeness (QED) is 0.214. The van der Waals surface area contributed by atoms with E-state index >= 15 is 0 Å². The number of hydrogen-bond donors (Lipinski definition) is 7. The fraction of sp³-hybridized carbons (Fsp3) is 0.667. The maximum absolute atomic E-state index is 10.2. The molecular formula is C6H13O9P. The van der Waals surface area contributed by atoms with Gasteiger partial charge in [0.15, 0.2) is 5.76 Å². The summed E-state index contributed by atoms with van der Waals surface area (Å²) in [6, 6.07) is 0. The van der Waals surface area contributed by atoms with Gasteiger partial charge >= 0.3 is 7.82 Å². The predicted octanol–water partition coefficient (Wildman–Crippen LogP) is -1.86. The summed E-state index contributed by atoms with van der Waals surface area (Å²) in [4.78, 5) is 16.6. The van der Waals surface area contributed by atoms with Crippen LogP contribution in [0.25, 0.3) is 0 Å². The first-order valence-electron chi connectivity index (χ1n) is 3.96. The third-order valence-corrected chi connectivity index (χ3v) is 2.05. The maximum atomic E-state index is 10.2. The number of rotatable bonds is 6. The van der Waals surface area contributed by atoms with Crippen LogP contribution in [0.2, 0.25) is 0 Å². The highest BCUT2D eigenvalue weighted by Crippen LogP contribution is 2.35. The van der Waals surface area contributed by atoms with Crippen LogP contribution in [0.1, 0.15) is 0 Å². The van der Waals surface area contributed by atoms with E-state index in [-0.39, 0.29) is 6.26 Å². The van der Waals surface area contributed by atoms with Crippen LogP contribution in [0.4, 0.5) is 0 Å². The molecule has 0 spiro atoms. The second-order valence-corrected chi connectivity index (χ2v) is 4.08. The van der Waals surface area contributed by atoms with Crippen LogP contribution >= 0.6 is 7.82 Å². The van der Waals surface area contributed by atoms with E-state index in [1.165, 1.54) is 0 Å². The summed E-state index contributed by atoms with van der Waals surface area (Å²) < 4.78 is 14.1. The van der Waals surface area contributed by atoms with Gasteiger partial charge in [-0.2, -0.15) is 0 Å². The molecule has 0 aliphatic carbocycles. The van der Waals surface area contributed by atoms with Crippen LogP contribution < -0.4 is 0 Å². The Labute approximate surface area is 90.1 Å². The van der Waals surface area contributed by atoms with E-state index < -0.39 is 38.5 Å². The molecule has 16 heavy (non-hydrogen) atoms. The second kappa shape index (κ2) is 6.16. The maximum Gasteiger partial charge on any atom is 0.469 e. The summed E-state index contributed by atoms with van der Waals surface area (Å²) in [5.74, 6) is -1.01. The van der Waals surface area contributed by atoms with Gasteiger partial charge in [-0.25, -0.2) is 4.57 Å². The average molecular weight is 260 g/mol. The Balaban J connectivity index is 4.28. The van der Waals surface area contributed by atoms with Crippen LogP contribution in [0, 0.1) is 0 Å². The van der Waals surface area contributed by atoms with Gasteiger partial charge in [-0.15, -0.1) is 0 Å². The summed E-state index contributed by atoms with van der Waals surface area (Å²) in [6.45, 7) is -0.957. The minimum absolute atomic E-state index is 0.102. The van der Waals surface area contributed by atoms with Crippen LogP contribution in [-0.4, -0.2) is 60.2 Å². The summed E-state index contributed by atoms with van der Waals surface area (Å²) >= 11 is 0. The van der Waals surface area contributed by atoms with Crippen LogP contribution in [0.5, 0.6) is 0 Å². The third kappa shape index (κ3) is 5.42. The van der Waals surface area contributed by atoms with Crippen LogP contribution in [0.15, 0.2) is 12.0 Å². The molecule has 0 aliphatic rings. The molecule has 0 saturated carbocycles. The van der Waals surface area contributed by atoms with Crippen molar-refractivity contribution in [2.45, 2.75) is 18.3 Å². The first kappa shape index (κ1) is 15.3. The van der Waals surface area contributed by atoms with Crippen molar-refractivity contribution in [2.24, 2.45) is 0 Å². The minimum Gasteiger partial charge on any atom is -0.512 e. The van der Waals surface area contributed by atoms with Gasteiger partial charge in [0.2, 0.25) is 0 Å². The van der Waals surface area contributed by atoms with Crippen molar-refractivity contribution in [3.05, 3.63) is 12.0 Å². The van der Waals surface area contributed by atoms with Gasteiger partial charge in [0, 0.05) is 0 Å². The highest BCUT2D eigenvalue weighted by Gasteiger charge is 2.29. The Morgan fingerprint density at radius 2 is 1.81 bits per heavy atom. The fourth-order valence-electron chi connectivity index (χ4n) is 0.734. The number of aliphatic hydroxyl groups is 5. The molecule has 10 heteroatoms. The molecule has 0 saturated heterocycles. The molecule has 3 atom stereocenters. The number of hydrogen-bond acceptors (Lipinski definition) is 7. The summed E-state index contributed by atoms with van der Waals surface area (Å²) in [5, 5.41) is 44.3. The van der Waals surface area contributed by atoms with Gasteiger partial charge in [0.1, 0.15) is 24.6 Å². The van der Waals surface area contributed by atoms with E-state index in [9.17, 15) is 4.57 Å². The van der Waals surface area contributed by atoms with Crippen molar-refractivity contribution in [3.8, 4) is 0 Å². The molecule has 96 valence electrons. The first-order valence-corrected chi connectivity index (χ1v) is 5.49. The molecule has 7 N–H and O–H groups in total. The normalized spacial score (nSPS) is 19.2. The second-order valence-electron chi connectivity index (χ2n) is 2.84.